The standard InChI is InChI=1S/C38H32BNO/c1-37-20-8-9-21-38(37,2)40-32-23-28(27-15-10-14-26(22-27)25-12-4-3-5-13-25)24-34-35(32)39(30-17-6-7-19-33(30)41-34)31-18-11-16-29(37)36(31)40/h3-7,10-19,22-24H,8-9,20-21H2,1-2H3. The summed E-state index contributed by atoms with van der Waals surface area (Å²) in [4.78, 5) is 2.76. The number of fused-ring (bicyclic) bond motifs is 7. The number of benzene rings is 5. The molecule has 41 heavy (non-hydrogen) atoms. The van der Waals surface area contributed by atoms with Crippen LogP contribution < -0.4 is 26.0 Å². The van der Waals surface area contributed by atoms with Gasteiger partial charge in [-0.25, -0.2) is 0 Å². The molecule has 3 aliphatic heterocycles. The smallest absolute Gasteiger partial charge is 0.256 e. The third-order valence-electron chi connectivity index (χ3n) is 10.9. The molecule has 9 rings (SSSR count). The van der Waals surface area contributed by atoms with Crippen molar-refractivity contribution in [2.45, 2.75) is 50.5 Å². The van der Waals surface area contributed by atoms with E-state index in [0.29, 0.717) is 0 Å². The largest absolute Gasteiger partial charge is 0.458 e. The molecule has 2 unspecified atom stereocenters. The Morgan fingerprint density at radius 2 is 1.34 bits per heavy atom. The second kappa shape index (κ2) is 8.16. The predicted molar refractivity (Wildman–Crippen MR) is 171 cm³/mol. The van der Waals surface area contributed by atoms with Crippen LogP contribution in [0.15, 0.2) is 109 Å². The van der Waals surface area contributed by atoms with Crippen LogP contribution in [0, 0.1) is 0 Å². The average molecular weight is 529 g/mol. The van der Waals surface area contributed by atoms with Crippen LogP contribution in [-0.4, -0.2) is 12.3 Å². The van der Waals surface area contributed by atoms with Crippen molar-refractivity contribution in [3.05, 3.63) is 115 Å². The molecule has 1 fully saturated rings. The molecule has 3 heteroatoms. The number of hydrogen-bond acceptors (Lipinski definition) is 2. The molecule has 5 aromatic carbocycles. The van der Waals surface area contributed by atoms with E-state index in [1.807, 2.05) is 0 Å². The summed E-state index contributed by atoms with van der Waals surface area (Å²) in [7, 11) is 0. The van der Waals surface area contributed by atoms with Crippen LogP contribution in [0.2, 0.25) is 0 Å². The molecule has 3 heterocycles. The van der Waals surface area contributed by atoms with E-state index in [9.17, 15) is 0 Å². The van der Waals surface area contributed by atoms with Gasteiger partial charge in [-0.05, 0) is 88.2 Å². The quantitative estimate of drug-likeness (QED) is 0.213. The first-order valence-electron chi connectivity index (χ1n) is 15.1. The summed E-state index contributed by atoms with van der Waals surface area (Å²) >= 11 is 0. The zero-order valence-electron chi connectivity index (χ0n) is 23.7. The maximum Gasteiger partial charge on any atom is 0.256 e. The van der Waals surface area contributed by atoms with Crippen LogP contribution in [0.25, 0.3) is 22.3 Å². The van der Waals surface area contributed by atoms with Crippen LogP contribution in [0.5, 0.6) is 11.5 Å². The highest BCUT2D eigenvalue weighted by atomic mass is 16.5. The van der Waals surface area contributed by atoms with E-state index >= 15 is 0 Å². The van der Waals surface area contributed by atoms with Gasteiger partial charge in [0.15, 0.2) is 0 Å². The molecule has 0 aromatic heterocycles. The lowest BCUT2D eigenvalue weighted by Crippen LogP contribution is -2.63. The Hall–Kier alpha value is -4.24. The first kappa shape index (κ1) is 23.5. The van der Waals surface area contributed by atoms with Crippen molar-refractivity contribution in [2.24, 2.45) is 0 Å². The van der Waals surface area contributed by atoms with Crippen LogP contribution in [-0.2, 0) is 5.41 Å². The Kier molecular flexibility index (Phi) is 4.67. The van der Waals surface area contributed by atoms with Crippen LogP contribution in [0.4, 0.5) is 11.4 Å². The van der Waals surface area contributed by atoms with Gasteiger partial charge < -0.3 is 9.64 Å². The molecule has 2 atom stereocenters. The van der Waals surface area contributed by atoms with Gasteiger partial charge in [0.25, 0.3) is 6.71 Å². The highest BCUT2D eigenvalue weighted by Crippen LogP contribution is 2.61. The lowest BCUT2D eigenvalue weighted by Gasteiger charge is -2.52. The van der Waals surface area contributed by atoms with Gasteiger partial charge in [0.2, 0.25) is 0 Å². The fourth-order valence-electron chi connectivity index (χ4n) is 8.65. The van der Waals surface area contributed by atoms with Crippen molar-refractivity contribution in [3.63, 3.8) is 0 Å². The van der Waals surface area contributed by atoms with Crippen molar-refractivity contribution in [3.8, 4) is 33.8 Å². The van der Waals surface area contributed by atoms with Gasteiger partial charge in [0.05, 0.1) is 5.54 Å². The van der Waals surface area contributed by atoms with Crippen molar-refractivity contribution < 1.29 is 4.74 Å². The van der Waals surface area contributed by atoms with Gasteiger partial charge >= 0.3 is 0 Å². The van der Waals surface area contributed by atoms with Gasteiger partial charge in [0.1, 0.15) is 11.5 Å². The number of nitrogens with zero attached hydrogens (tertiary/aromatic N) is 1. The summed E-state index contributed by atoms with van der Waals surface area (Å²) < 4.78 is 6.79. The van der Waals surface area contributed by atoms with E-state index in [2.05, 4.69) is 128 Å². The lowest BCUT2D eigenvalue weighted by atomic mass is 9.34. The molecule has 0 bridgehead atoms. The zero-order valence-corrected chi connectivity index (χ0v) is 23.7. The topological polar surface area (TPSA) is 12.5 Å². The van der Waals surface area contributed by atoms with Crippen molar-refractivity contribution in [1.29, 1.82) is 0 Å². The van der Waals surface area contributed by atoms with Gasteiger partial charge in [-0.2, -0.15) is 0 Å². The number of ether oxygens (including phenoxy) is 1. The van der Waals surface area contributed by atoms with Gasteiger partial charge in [0, 0.05) is 16.8 Å². The second-order valence-corrected chi connectivity index (χ2v) is 12.8. The summed E-state index contributed by atoms with van der Waals surface area (Å²) in [6.45, 7) is 5.24. The van der Waals surface area contributed by atoms with Crippen molar-refractivity contribution >= 4 is 34.5 Å². The van der Waals surface area contributed by atoms with E-state index in [1.165, 1.54) is 81.3 Å². The molecular weight excluding hydrogens is 497 g/mol. The molecule has 0 spiro atoms. The molecule has 0 radical (unpaired) electrons. The summed E-state index contributed by atoms with van der Waals surface area (Å²) in [5, 5.41) is 0. The Labute approximate surface area is 242 Å². The Morgan fingerprint density at radius 3 is 2.22 bits per heavy atom. The second-order valence-electron chi connectivity index (χ2n) is 12.8. The highest BCUT2D eigenvalue weighted by Gasteiger charge is 2.61. The molecule has 0 amide bonds. The minimum absolute atomic E-state index is 0.0178. The Bertz CT molecular complexity index is 1880. The number of hydrogen-bond donors (Lipinski definition) is 0. The molecule has 5 aromatic rings. The highest BCUT2D eigenvalue weighted by molar-refractivity contribution is 6.99. The lowest BCUT2D eigenvalue weighted by molar-refractivity contribution is 0.195. The zero-order chi connectivity index (χ0) is 27.3. The maximum absolute atomic E-state index is 6.79. The van der Waals surface area contributed by atoms with Crippen molar-refractivity contribution in [1.82, 2.24) is 0 Å². The monoisotopic (exact) mass is 529 g/mol. The van der Waals surface area contributed by atoms with E-state index in [4.69, 9.17) is 4.74 Å². The minimum Gasteiger partial charge on any atom is -0.458 e. The third kappa shape index (κ3) is 2.99. The number of para-hydroxylation sites is 2. The predicted octanol–water partition coefficient (Wildman–Crippen LogP) is 7.70. The number of rotatable bonds is 2. The molecule has 2 nitrogen and oxygen atoms in total. The Balaban J connectivity index is 1.33. The van der Waals surface area contributed by atoms with Gasteiger partial charge in [-0.15, -0.1) is 0 Å². The average Bonchev–Trinajstić information content (AvgIpc) is 3.23. The fourth-order valence-corrected chi connectivity index (χ4v) is 8.65. The van der Waals surface area contributed by atoms with Gasteiger partial charge in [-0.3, -0.25) is 0 Å². The first-order valence-corrected chi connectivity index (χ1v) is 15.1. The fraction of sp³-hybridized carbons (Fsp3) is 0.211. The molecule has 0 saturated heterocycles. The van der Waals surface area contributed by atoms with Crippen LogP contribution in [0.1, 0.15) is 45.1 Å². The van der Waals surface area contributed by atoms with Crippen LogP contribution in [0.3, 0.4) is 0 Å². The summed E-state index contributed by atoms with van der Waals surface area (Å²) in [5.74, 6) is 1.97. The van der Waals surface area contributed by atoms with Crippen molar-refractivity contribution in [2.75, 3.05) is 4.90 Å². The molecule has 0 N–H and O–H groups in total. The number of anilines is 2. The third-order valence-corrected chi connectivity index (χ3v) is 10.9. The summed E-state index contributed by atoms with van der Waals surface area (Å²) in [6.07, 6.45) is 5.00. The summed E-state index contributed by atoms with van der Waals surface area (Å²) in [6, 6.07) is 40.2. The van der Waals surface area contributed by atoms with Gasteiger partial charge in [-0.1, -0.05) is 105 Å². The Morgan fingerprint density at radius 1 is 0.634 bits per heavy atom. The minimum atomic E-state index is 0.0178. The molecule has 4 aliphatic rings. The normalized spacial score (nSPS) is 22.8. The molecule has 1 aliphatic carbocycles. The molecule has 1 saturated carbocycles. The van der Waals surface area contributed by atoms with E-state index in [-0.39, 0.29) is 17.7 Å². The maximum atomic E-state index is 6.79. The van der Waals surface area contributed by atoms with Crippen LogP contribution >= 0.6 is 0 Å². The van der Waals surface area contributed by atoms with E-state index in [0.717, 1.165) is 11.5 Å². The SMILES string of the molecule is CC12CCCCC1(C)N1c3cc(-c4cccc(-c5ccccc5)c4)cc4c3B(c3ccccc3O4)c3cccc2c31. The van der Waals surface area contributed by atoms with E-state index < -0.39 is 0 Å². The van der Waals surface area contributed by atoms with E-state index in [1.54, 1.807) is 0 Å². The first-order chi connectivity index (χ1) is 20.1. The molecule has 198 valence electrons. The molecular formula is C38H32BNO. The summed E-state index contributed by atoms with van der Waals surface area (Å²) in [5.41, 5.74) is 13.4.